The maximum atomic E-state index is 6.32. The molecule has 1 saturated carbocycles. The third-order valence-corrected chi connectivity index (χ3v) is 7.14. The largest absolute Gasteiger partial charge is 0.329 e. The first-order valence-corrected chi connectivity index (χ1v) is 9.36. The molecule has 2 N–H and O–H groups in total. The van der Waals surface area contributed by atoms with Gasteiger partial charge in [-0.15, -0.1) is 0 Å². The fourth-order valence-electron chi connectivity index (χ4n) is 4.78. The van der Waals surface area contributed by atoms with Gasteiger partial charge in [-0.05, 0) is 62.4 Å². The lowest BCUT2D eigenvalue weighted by Crippen LogP contribution is -2.57. The van der Waals surface area contributed by atoms with E-state index in [1.54, 1.807) is 0 Å². The lowest BCUT2D eigenvalue weighted by Gasteiger charge is -2.50. The molecule has 2 fully saturated rings. The van der Waals surface area contributed by atoms with Crippen molar-refractivity contribution >= 4 is 0 Å². The Bertz CT molecular complexity index is 322. The van der Waals surface area contributed by atoms with Gasteiger partial charge >= 0.3 is 0 Å². The normalized spacial score (nSPS) is 33.6. The van der Waals surface area contributed by atoms with Gasteiger partial charge in [-0.2, -0.15) is 0 Å². The van der Waals surface area contributed by atoms with Crippen LogP contribution in [-0.4, -0.2) is 30.1 Å². The van der Waals surface area contributed by atoms with E-state index in [-0.39, 0.29) is 0 Å². The zero-order valence-corrected chi connectivity index (χ0v) is 15.0. The van der Waals surface area contributed by atoms with Gasteiger partial charge in [0, 0.05) is 12.1 Å². The summed E-state index contributed by atoms with van der Waals surface area (Å²) in [5.74, 6) is 0. The number of rotatable bonds is 4. The molecule has 0 spiro atoms. The Hall–Kier alpha value is -0.0800. The number of hydrogen-bond donors (Lipinski definition) is 1. The van der Waals surface area contributed by atoms with Crippen molar-refractivity contribution in [2.45, 2.75) is 91.0 Å². The smallest absolute Gasteiger partial charge is 0.0331 e. The standard InChI is InChI=1S/C19H38N2/c1-5-18(6-2)12-14-21(15-13-18)19(16-20)9-7-8-17(3,4)10-11-19/h5-16,20H2,1-4H3. The first-order chi connectivity index (χ1) is 9.91. The summed E-state index contributed by atoms with van der Waals surface area (Å²) in [6.07, 6.45) is 12.1. The highest BCUT2D eigenvalue weighted by atomic mass is 15.2. The Morgan fingerprint density at radius 1 is 0.857 bits per heavy atom. The van der Waals surface area contributed by atoms with Gasteiger partial charge in [-0.3, -0.25) is 4.90 Å². The van der Waals surface area contributed by atoms with E-state index in [4.69, 9.17) is 5.73 Å². The Labute approximate surface area is 132 Å². The average molecular weight is 295 g/mol. The van der Waals surface area contributed by atoms with Crippen LogP contribution < -0.4 is 5.73 Å². The predicted molar refractivity (Wildman–Crippen MR) is 92.5 cm³/mol. The van der Waals surface area contributed by atoms with Crippen LogP contribution in [0, 0.1) is 10.8 Å². The van der Waals surface area contributed by atoms with Crippen molar-refractivity contribution in [1.29, 1.82) is 0 Å². The van der Waals surface area contributed by atoms with Gasteiger partial charge in [-0.25, -0.2) is 0 Å². The summed E-state index contributed by atoms with van der Waals surface area (Å²) in [5, 5.41) is 0. The fourth-order valence-corrected chi connectivity index (χ4v) is 4.78. The van der Waals surface area contributed by atoms with E-state index < -0.39 is 0 Å². The van der Waals surface area contributed by atoms with Crippen molar-refractivity contribution in [2.24, 2.45) is 16.6 Å². The van der Waals surface area contributed by atoms with Crippen LogP contribution >= 0.6 is 0 Å². The van der Waals surface area contributed by atoms with Crippen molar-refractivity contribution < 1.29 is 0 Å². The third-order valence-electron chi connectivity index (χ3n) is 7.14. The first-order valence-electron chi connectivity index (χ1n) is 9.36. The number of nitrogens with two attached hydrogens (primary N) is 1. The summed E-state index contributed by atoms with van der Waals surface area (Å²) in [4.78, 5) is 2.79. The molecule has 1 saturated heterocycles. The Balaban J connectivity index is 2.05. The molecule has 2 nitrogen and oxygen atoms in total. The summed E-state index contributed by atoms with van der Waals surface area (Å²) in [7, 11) is 0. The van der Waals surface area contributed by atoms with Crippen LogP contribution in [0.4, 0.5) is 0 Å². The highest BCUT2D eigenvalue weighted by molar-refractivity contribution is 4.98. The van der Waals surface area contributed by atoms with Gasteiger partial charge in [0.25, 0.3) is 0 Å². The Morgan fingerprint density at radius 3 is 2.00 bits per heavy atom. The van der Waals surface area contributed by atoms with Crippen molar-refractivity contribution in [2.75, 3.05) is 19.6 Å². The van der Waals surface area contributed by atoms with Crippen molar-refractivity contribution in [3.63, 3.8) is 0 Å². The summed E-state index contributed by atoms with van der Waals surface area (Å²) in [5.41, 5.74) is 7.76. The molecule has 0 bridgehead atoms. The molecule has 0 aromatic rings. The lowest BCUT2D eigenvalue weighted by molar-refractivity contribution is 0.00652. The predicted octanol–water partition coefficient (Wildman–Crippen LogP) is 4.58. The quantitative estimate of drug-likeness (QED) is 0.769. The van der Waals surface area contributed by atoms with Crippen LogP contribution in [-0.2, 0) is 0 Å². The zero-order chi connectivity index (χ0) is 15.6. The summed E-state index contributed by atoms with van der Waals surface area (Å²) < 4.78 is 0. The van der Waals surface area contributed by atoms with Gasteiger partial charge in [0.15, 0.2) is 0 Å². The minimum Gasteiger partial charge on any atom is -0.329 e. The SMILES string of the molecule is CCC1(CC)CCN(C2(CN)CCCC(C)(C)CC2)CC1. The van der Waals surface area contributed by atoms with E-state index >= 15 is 0 Å². The molecule has 1 heterocycles. The van der Waals surface area contributed by atoms with Crippen molar-refractivity contribution in [3.05, 3.63) is 0 Å². The van der Waals surface area contributed by atoms with Gasteiger partial charge < -0.3 is 5.73 Å². The molecular formula is C19H38N2. The number of likely N-dealkylation sites (tertiary alicyclic amines) is 1. The molecule has 0 aromatic carbocycles. The fraction of sp³-hybridized carbons (Fsp3) is 1.00. The number of piperidine rings is 1. The molecule has 0 aromatic heterocycles. The van der Waals surface area contributed by atoms with Gasteiger partial charge in [0.1, 0.15) is 0 Å². The zero-order valence-electron chi connectivity index (χ0n) is 15.0. The first kappa shape index (κ1) is 17.3. The molecular weight excluding hydrogens is 256 g/mol. The van der Waals surface area contributed by atoms with E-state index in [1.807, 2.05) is 0 Å². The summed E-state index contributed by atoms with van der Waals surface area (Å²) in [6, 6.07) is 0. The highest BCUT2D eigenvalue weighted by Gasteiger charge is 2.42. The van der Waals surface area contributed by atoms with E-state index in [1.165, 1.54) is 70.9 Å². The number of hydrogen-bond acceptors (Lipinski definition) is 2. The third kappa shape index (κ3) is 3.64. The van der Waals surface area contributed by atoms with Gasteiger partial charge in [-0.1, -0.05) is 47.0 Å². The second-order valence-corrected chi connectivity index (χ2v) is 8.64. The summed E-state index contributed by atoms with van der Waals surface area (Å²) >= 11 is 0. The summed E-state index contributed by atoms with van der Waals surface area (Å²) in [6.45, 7) is 13.1. The topological polar surface area (TPSA) is 29.3 Å². The molecule has 1 unspecified atom stereocenters. The number of nitrogens with zero attached hydrogens (tertiary/aromatic N) is 1. The monoisotopic (exact) mass is 294 g/mol. The van der Waals surface area contributed by atoms with E-state index in [0.717, 1.165) is 6.54 Å². The second-order valence-electron chi connectivity index (χ2n) is 8.64. The minimum absolute atomic E-state index is 0.307. The van der Waals surface area contributed by atoms with Crippen LogP contribution in [0.25, 0.3) is 0 Å². The molecule has 21 heavy (non-hydrogen) atoms. The van der Waals surface area contributed by atoms with E-state index in [0.29, 0.717) is 16.4 Å². The van der Waals surface area contributed by atoms with Crippen LogP contribution in [0.15, 0.2) is 0 Å². The van der Waals surface area contributed by atoms with Crippen molar-refractivity contribution in [3.8, 4) is 0 Å². The molecule has 0 radical (unpaired) electrons. The molecule has 2 heteroatoms. The van der Waals surface area contributed by atoms with Crippen LogP contribution in [0.1, 0.15) is 85.5 Å². The van der Waals surface area contributed by atoms with Gasteiger partial charge in [0.05, 0.1) is 0 Å². The second kappa shape index (κ2) is 6.58. The molecule has 1 aliphatic heterocycles. The minimum atomic E-state index is 0.307. The lowest BCUT2D eigenvalue weighted by atomic mass is 9.72. The van der Waals surface area contributed by atoms with E-state index in [9.17, 15) is 0 Å². The highest BCUT2D eigenvalue weighted by Crippen LogP contribution is 2.44. The molecule has 2 aliphatic rings. The molecule has 1 aliphatic carbocycles. The molecule has 0 amide bonds. The van der Waals surface area contributed by atoms with Gasteiger partial charge in [0.2, 0.25) is 0 Å². The molecule has 2 rings (SSSR count). The Kier molecular flexibility index (Phi) is 5.41. The van der Waals surface area contributed by atoms with Crippen LogP contribution in [0.3, 0.4) is 0 Å². The van der Waals surface area contributed by atoms with E-state index in [2.05, 4.69) is 32.6 Å². The molecule has 124 valence electrons. The maximum absolute atomic E-state index is 6.32. The maximum Gasteiger partial charge on any atom is 0.0331 e. The molecule has 1 atom stereocenters. The van der Waals surface area contributed by atoms with Crippen LogP contribution in [0.2, 0.25) is 0 Å². The average Bonchev–Trinajstić information content (AvgIpc) is 2.66. The van der Waals surface area contributed by atoms with Crippen LogP contribution in [0.5, 0.6) is 0 Å². The van der Waals surface area contributed by atoms with Crippen molar-refractivity contribution in [1.82, 2.24) is 4.90 Å². The Morgan fingerprint density at radius 2 is 1.48 bits per heavy atom.